The van der Waals surface area contributed by atoms with Gasteiger partial charge < -0.3 is 40.0 Å². The Bertz CT molecular complexity index is 424. The molecular weight excluding hydrogens is 306 g/mol. The molecule has 3 atom stereocenters. The lowest BCUT2D eigenvalue weighted by atomic mass is 10.2. The lowest BCUT2D eigenvalue weighted by molar-refractivity contribution is -0.279. The molecule has 0 aliphatic heterocycles. The van der Waals surface area contributed by atoms with Crippen LogP contribution in [-0.4, -0.2) is 72.0 Å². The van der Waals surface area contributed by atoms with Gasteiger partial charge in [-0.2, -0.15) is 0 Å². The summed E-state index contributed by atoms with van der Waals surface area (Å²) < 4.78 is 16.1. The van der Waals surface area contributed by atoms with Gasteiger partial charge in [0.2, 0.25) is 12.6 Å². The zero-order valence-electron chi connectivity index (χ0n) is 13.3. The topological polar surface area (TPSA) is 121 Å². The average Bonchev–Trinajstić information content (AvgIpc) is 2.50. The number of hydrogen-bond donors (Lipinski definition) is 5. The number of hydrogen-bond acceptors (Lipinski definition) is 8. The average molecular weight is 331 g/mol. The van der Waals surface area contributed by atoms with Crippen molar-refractivity contribution in [2.24, 2.45) is 0 Å². The molecule has 1 aromatic carbocycles. The van der Waals surface area contributed by atoms with Gasteiger partial charge in [-0.25, -0.2) is 0 Å². The van der Waals surface area contributed by atoms with Crippen molar-refractivity contribution in [2.45, 2.75) is 31.7 Å². The van der Waals surface area contributed by atoms with Crippen LogP contribution in [0.2, 0.25) is 0 Å². The summed E-state index contributed by atoms with van der Waals surface area (Å²) >= 11 is 0. The highest BCUT2D eigenvalue weighted by Crippen LogP contribution is 2.17. The number of likely N-dealkylation sites (N-methyl/N-ethyl adjacent to an activating group) is 1. The van der Waals surface area contributed by atoms with E-state index >= 15 is 0 Å². The standard InChI is InChI=1S/C15H25NO7/c1-10(17)13(9-22-12-5-3-11(18)4-6-12)23-15(14(19)20)21-8-7-16-2/h3-6,10,13-20H,7-9H2,1-2H3. The summed E-state index contributed by atoms with van der Waals surface area (Å²) in [5, 5.41) is 40.4. The molecule has 0 radical (unpaired) electrons. The molecule has 0 fully saturated rings. The fourth-order valence-corrected chi connectivity index (χ4v) is 1.66. The first kappa shape index (κ1) is 19.6. The molecular formula is C15H25NO7. The van der Waals surface area contributed by atoms with E-state index in [0.717, 1.165) is 0 Å². The van der Waals surface area contributed by atoms with Gasteiger partial charge in [0.05, 0.1) is 12.7 Å². The van der Waals surface area contributed by atoms with Gasteiger partial charge in [-0.05, 0) is 38.2 Å². The van der Waals surface area contributed by atoms with Crippen LogP contribution in [0.25, 0.3) is 0 Å². The maximum Gasteiger partial charge on any atom is 0.209 e. The summed E-state index contributed by atoms with van der Waals surface area (Å²) in [5.74, 6) is 0.594. The highest BCUT2D eigenvalue weighted by atomic mass is 16.7. The van der Waals surface area contributed by atoms with Crippen molar-refractivity contribution in [2.75, 3.05) is 26.8 Å². The molecule has 132 valence electrons. The number of aliphatic hydroxyl groups excluding tert-OH is 2. The Morgan fingerprint density at radius 1 is 1.13 bits per heavy atom. The number of ether oxygens (including phenoxy) is 3. The smallest absolute Gasteiger partial charge is 0.209 e. The van der Waals surface area contributed by atoms with Crippen molar-refractivity contribution >= 4 is 0 Å². The van der Waals surface area contributed by atoms with Crippen molar-refractivity contribution in [1.82, 2.24) is 5.32 Å². The summed E-state index contributed by atoms with van der Waals surface area (Å²) in [4.78, 5) is 0. The second kappa shape index (κ2) is 10.4. The molecule has 0 aromatic heterocycles. The lowest BCUT2D eigenvalue weighted by Gasteiger charge is -2.27. The van der Waals surface area contributed by atoms with E-state index in [-0.39, 0.29) is 19.0 Å². The first-order valence-corrected chi connectivity index (χ1v) is 7.31. The fourth-order valence-electron chi connectivity index (χ4n) is 1.66. The summed E-state index contributed by atoms with van der Waals surface area (Å²) in [6.07, 6.45) is -4.89. The van der Waals surface area contributed by atoms with E-state index in [9.17, 15) is 20.4 Å². The largest absolute Gasteiger partial charge is 0.508 e. The van der Waals surface area contributed by atoms with Gasteiger partial charge in [0.25, 0.3) is 0 Å². The van der Waals surface area contributed by atoms with E-state index in [4.69, 9.17) is 14.2 Å². The van der Waals surface area contributed by atoms with Gasteiger partial charge in [0.15, 0.2) is 0 Å². The third-order valence-corrected chi connectivity index (χ3v) is 2.98. The number of aromatic hydroxyl groups is 1. The van der Waals surface area contributed by atoms with Crippen LogP contribution in [0, 0.1) is 0 Å². The minimum Gasteiger partial charge on any atom is -0.508 e. The Labute approximate surface area is 135 Å². The summed E-state index contributed by atoms with van der Waals surface area (Å²) in [5.41, 5.74) is 0. The lowest BCUT2D eigenvalue weighted by Crippen LogP contribution is -2.42. The molecule has 0 saturated carbocycles. The van der Waals surface area contributed by atoms with Crippen LogP contribution in [0.4, 0.5) is 0 Å². The van der Waals surface area contributed by atoms with E-state index in [1.807, 2.05) is 0 Å². The molecule has 0 aliphatic rings. The van der Waals surface area contributed by atoms with Gasteiger partial charge in [0.1, 0.15) is 24.2 Å². The zero-order valence-corrected chi connectivity index (χ0v) is 13.3. The Balaban J connectivity index is 2.56. The summed E-state index contributed by atoms with van der Waals surface area (Å²) in [7, 11) is 1.73. The number of benzene rings is 1. The van der Waals surface area contributed by atoms with E-state index in [1.54, 1.807) is 19.2 Å². The van der Waals surface area contributed by atoms with Gasteiger partial charge in [-0.15, -0.1) is 0 Å². The molecule has 1 aromatic rings. The molecule has 0 spiro atoms. The summed E-state index contributed by atoms with van der Waals surface area (Å²) in [6.45, 7) is 2.19. The minimum absolute atomic E-state index is 0.0267. The first-order valence-electron chi connectivity index (χ1n) is 7.31. The van der Waals surface area contributed by atoms with Gasteiger partial charge in [-0.3, -0.25) is 0 Å². The van der Waals surface area contributed by atoms with Crippen molar-refractivity contribution < 1.29 is 34.6 Å². The monoisotopic (exact) mass is 331 g/mol. The third-order valence-electron chi connectivity index (χ3n) is 2.98. The third kappa shape index (κ3) is 7.60. The number of nitrogens with one attached hydrogen (secondary N) is 1. The Kier molecular flexibility index (Phi) is 8.85. The van der Waals surface area contributed by atoms with Crippen molar-refractivity contribution in [3.8, 4) is 11.5 Å². The predicted octanol–water partition coefficient (Wildman–Crippen LogP) is -0.590. The quantitative estimate of drug-likeness (QED) is 0.269. The minimum atomic E-state index is -1.85. The molecule has 1 rings (SSSR count). The van der Waals surface area contributed by atoms with Crippen molar-refractivity contribution in [3.05, 3.63) is 24.3 Å². The van der Waals surface area contributed by atoms with Crippen LogP contribution in [0.3, 0.4) is 0 Å². The zero-order chi connectivity index (χ0) is 17.2. The van der Waals surface area contributed by atoms with Crippen LogP contribution in [0.5, 0.6) is 11.5 Å². The van der Waals surface area contributed by atoms with Crippen molar-refractivity contribution in [3.63, 3.8) is 0 Å². The second-order valence-corrected chi connectivity index (χ2v) is 4.98. The molecule has 0 bridgehead atoms. The molecule has 5 N–H and O–H groups in total. The normalized spacial score (nSPS) is 15.4. The first-order chi connectivity index (χ1) is 10.9. The van der Waals surface area contributed by atoms with E-state index < -0.39 is 24.8 Å². The summed E-state index contributed by atoms with van der Waals surface area (Å²) in [6, 6.07) is 6.07. The van der Waals surface area contributed by atoms with Crippen molar-refractivity contribution in [1.29, 1.82) is 0 Å². The molecule has 8 nitrogen and oxygen atoms in total. The van der Waals surface area contributed by atoms with Crippen LogP contribution in [-0.2, 0) is 9.47 Å². The van der Waals surface area contributed by atoms with Crippen LogP contribution < -0.4 is 10.1 Å². The van der Waals surface area contributed by atoms with Gasteiger partial charge >= 0.3 is 0 Å². The van der Waals surface area contributed by atoms with Crippen LogP contribution >= 0.6 is 0 Å². The molecule has 0 saturated heterocycles. The SMILES string of the molecule is CNCCOC(OC(COc1ccc(O)cc1)C(C)O)C(O)O. The van der Waals surface area contributed by atoms with Gasteiger partial charge in [-0.1, -0.05) is 0 Å². The molecule has 0 amide bonds. The van der Waals surface area contributed by atoms with Gasteiger partial charge in [0, 0.05) is 6.54 Å². The van der Waals surface area contributed by atoms with Crippen LogP contribution in [0.15, 0.2) is 24.3 Å². The molecule has 3 unspecified atom stereocenters. The maximum atomic E-state index is 9.76. The van der Waals surface area contributed by atoms with Crippen LogP contribution in [0.1, 0.15) is 6.92 Å². The second-order valence-electron chi connectivity index (χ2n) is 4.98. The molecule has 0 aliphatic carbocycles. The predicted molar refractivity (Wildman–Crippen MR) is 82.0 cm³/mol. The molecule has 0 heterocycles. The fraction of sp³-hybridized carbons (Fsp3) is 0.600. The number of rotatable bonds is 11. The maximum absolute atomic E-state index is 9.76. The number of phenolic OH excluding ortho intramolecular Hbond substituents is 1. The highest BCUT2D eigenvalue weighted by Gasteiger charge is 2.26. The highest BCUT2D eigenvalue weighted by molar-refractivity contribution is 5.30. The van der Waals surface area contributed by atoms with E-state index in [0.29, 0.717) is 12.3 Å². The molecule has 23 heavy (non-hydrogen) atoms. The number of phenols is 1. The Morgan fingerprint density at radius 3 is 2.30 bits per heavy atom. The Morgan fingerprint density at radius 2 is 1.78 bits per heavy atom. The number of aliphatic hydroxyl groups is 3. The molecule has 8 heteroatoms. The van der Waals surface area contributed by atoms with E-state index in [2.05, 4.69) is 5.32 Å². The Hall–Kier alpha value is -1.42. The van der Waals surface area contributed by atoms with E-state index in [1.165, 1.54) is 19.1 Å².